The van der Waals surface area contributed by atoms with Crippen LogP contribution in [0.1, 0.15) is 15.9 Å². The lowest BCUT2D eigenvalue weighted by molar-refractivity contribution is 0.0730. The molecule has 0 N–H and O–H groups in total. The van der Waals surface area contributed by atoms with Crippen LogP contribution in [0.3, 0.4) is 0 Å². The van der Waals surface area contributed by atoms with Crippen molar-refractivity contribution in [1.29, 1.82) is 0 Å². The van der Waals surface area contributed by atoms with Crippen LogP contribution in [0.15, 0.2) is 50.5 Å². The summed E-state index contributed by atoms with van der Waals surface area (Å²) in [6, 6.07) is 9.43. The average molecular weight is 446 g/mol. The molecular formula is C21H22N2O7S. The standard InChI is InChI=1S/C21H22N2O7S/c1-14-3-6-19(28-2)16(11-14)18(24)13-23-17-5-4-15(12-20(17)30-21(23)25)31(26,27)22-7-9-29-10-8-22/h3-6,11-12H,7-10,13H2,1-2H3. The van der Waals surface area contributed by atoms with Crippen molar-refractivity contribution in [3.8, 4) is 5.75 Å². The molecule has 1 fully saturated rings. The Morgan fingerprint density at radius 2 is 1.87 bits per heavy atom. The van der Waals surface area contributed by atoms with Gasteiger partial charge < -0.3 is 13.9 Å². The van der Waals surface area contributed by atoms with E-state index in [9.17, 15) is 18.0 Å². The number of aryl methyl sites for hydroxylation is 1. The summed E-state index contributed by atoms with van der Waals surface area (Å²) in [5, 5.41) is 0. The number of morpholine rings is 1. The zero-order chi connectivity index (χ0) is 22.2. The lowest BCUT2D eigenvalue weighted by Gasteiger charge is -2.25. The number of carbonyl (C=O) groups is 1. The molecule has 0 bridgehead atoms. The van der Waals surface area contributed by atoms with Crippen LogP contribution in [0.25, 0.3) is 11.1 Å². The Labute approximate surface area is 178 Å². The van der Waals surface area contributed by atoms with Crippen LogP contribution in [0, 0.1) is 6.92 Å². The van der Waals surface area contributed by atoms with Crippen molar-refractivity contribution in [3.63, 3.8) is 0 Å². The van der Waals surface area contributed by atoms with Crippen LogP contribution in [-0.4, -0.2) is 56.5 Å². The molecule has 1 aliphatic rings. The molecule has 0 radical (unpaired) electrons. The molecule has 1 aromatic heterocycles. The highest BCUT2D eigenvalue weighted by atomic mass is 32.2. The van der Waals surface area contributed by atoms with Crippen LogP contribution in [0.5, 0.6) is 5.75 Å². The summed E-state index contributed by atoms with van der Waals surface area (Å²) in [5.74, 6) is -0.651. The Morgan fingerprint density at radius 3 is 2.58 bits per heavy atom. The van der Waals surface area contributed by atoms with E-state index in [1.807, 2.05) is 13.0 Å². The fraction of sp³-hybridized carbons (Fsp3) is 0.333. The fourth-order valence-electron chi connectivity index (χ4n) is 3.56. The Balaban J connectivity index is 1.68. The first-order valence-electron chi connectivity index (χ1n) is 9.70. The van der Waals surface area contributed by atoms with Gasteiger partial charge in [-0.05, 0) is 31.2 Å². The molecule has 0 amide bonds. The van der Waals surface area contributed by atoms with Gasteiger partial charge in [-0.2, -0.15) is 4.31 Å². The molecule has 3 aromatic rings. The minimum absolute atomic E-state index is 0.0227. The first-order chi connectivity index (χ1) is 14.8. The summed E-state index contributed by atoms with van der Waals surface area (Å²) < 4.78 is 44.0. The number of ketones is 1. The smallest absolute Gasteiger partial charge is 0.420 e. The van der Waals surface area contributed by atoms with Crippen molar-refractivity contribution in [1.82, 2.24) is 8.87 Å². The number of sulfonamides is 1. The summed E-state index contributed by atoms with van der Waals surface area (Å²) in [5.41, 5.74) is 1.68. The maximum absolute atomic E-state index is 12.9. The Hall–Kier alpha value is -2.95. The van der Waals surface area contributed by atoms with Crippen LogP contribution < -0.4 is 10.5 Å². The fourth-order valence-corrected chi connectivity index (χ4v) is 4.99. The number of fused-ring (bicyclic) bond motifs is 1. The highest BCUT2D eigenvalue weighted by molar-refractivity contribution is 7.89. The quantitative estimate of drug-likeness (QED) is 0.532. The summed E-state index contributed by atoms with van der Waals surface area (Å²) in [6.07, 6.45) is 0. The molecule has 9 nitrogen and oxygen atoms in total. The molecule has 1 saturated heterocycles. The van der Waals surface area contributed by atoms with Gasteiger partial charge in [-0.1, -0.05) is 11.6 Å². The molecule has 0 saturated carbocycles. The largest absolute Gasteiger partial charge is 0.496 e. The van der Waals surface area contributed by atoms with Crippen molar-refractivity contribution in [2.24, 2.45) is 0 Å². The summed E-state index contributed by atoms with van der Waals surface area (Å²) in [4.78, 5) is 25.3. The lowest BCUT2D eigenvalue weighted by atomic mass is 10.1. The van der Waals surface area contributed by atoms with Gasteiger partial charge in [0.2, 0.25) is 10.0 Å². The molecule has 164 valence electrons. The van der Waals surface area contributed by atoms with Gasteiger partial charge in [-0.3, -0.25) is 9.36 Å². The van der Waals surface area contributed by atoms with Crippen molar-refractivity contribution in [3.05, 3.63) is 58.1 Å². The van der Waals surface area contributed by atoms with Crippen molar-refractivity contribution in [2.45, 2.75) is 18.4 Å². The van der Waals surface area contributed by atoms with E-state index < -0.39 is 15.8 Å². The highest BCUT2D eigenvalue weighted by Gasteiger charge is 2.27. The van der Waals surface area contributed by atoms with Crippen LogP contribution >= 0.6 is 0 Å². The van der Waals surface area contributed by atoms with Gasteiger partial charge in [0, 0.05) is 19.2 Å². The number of hydrogen-bond acceptors (Lipinski definition) is 7. The predicted molar refractivity (Wildman–Crippen MR) is 112 cm³/mol. The molecule has 0 unspecified atom stereocenters. The number of ether oxygens (including phenoxy) is 2. The second kappa shape index (κ2) is 8.29. The van der Waals surface area contributed by atoms with E-state index in [0.29, 0.717) is 30.0 Å². The first-order valence-corrected chi connectivity index (χ1v) is 11.1. The lowest BCUT2D eigenvalue weighted by Crippen LogP contribution is -2.40. The number of hydrogen-bond donors (Lipinski definition) is 0. The third kappa shape index (κ3) is 4.01. The molecule has 2 aromatic carbocycles. The van der Waals surface area contributed by atoms with Gasteiger partial charge in [0.25, 0.3) is 0 Å². The molecule has 1 aliphatic heterocycles. The van der Waals surface area contributed by atoms with E-state index in [0.717, 1.165) is 5.56 Å². The minimum atomic E-state index is -3.74. The van der Waals surface area contributed by atoms with Crippen molar-refractivity contribution < 1.29 is 27.1 Å². The number of nitrogens with zero attached hydrogens (tertiary/aromatic N) is 2. The van der Waals surface area contributed by atoms with E-state index >= 15 is 0 Å². The van der Waals surface area contributed by atoms with Crippen molar-refractivity contribution in [2.75, 3.05) is 33.4 Å². The van der Waals surface area contributed by atoms with Gasteiger partial charge >= 0.3 is 5.76 Å². The van der Waals surface area contributed by atoms with E-state index in [2.05, 4.69) is 0 Å². The van der Waals surface area contributed by atoms with Gasteiger partial charge in [0.1, 0.15) is 5.75 Å². The first kappa shape index (κ1) is 21.3. The van der Waals surface area contributed by atoms with E-state index in [-0.39, 0.29) is 35.9 Å². The molecule has 0 spiro atoms. The van der Waals surface area contributed by atoms with E-state index in [1.54, 1.807) is 12.1 Å². The summed E-state index contributed by atoms with van der Waals surface area (Å²) in [7, 11) is -2.27. The third-order valence-corrected chi connectivity index (χ3v) is 7.10. The Bertz CT molecular complexity index is 1300. The molecule has 0 atom stereocenters. The number of aromatic nitrogens is 1. The normalized spacial score (nSPS) is 15.3. The number of rotatable bonds is 6. The second-order valence-electron chi connectivity index (χ2n) is 7.23. The maximum Gasteiger partial charge on any atom is 0.420 e. The Morgan fingerprint density at radius 1 is 1.13 bits per heavy atom. The average Bonchev–Trinajstić information content (AvgIpc) is 3.08. The molecule has 0 aliphatic carbocycles. The maximum atomic E-state index is 12.9. The van der Waals surface area contributed by atoms with Crippen LogP contribution in [0.4, 0.5) is 0 Å². The summed E-state index contributed by atoms with van der Waals surface area (Å²) >= 11 is 0. The number of oxazole rings is 1. The van der Waals surface area contributed by atoms with Gasteiger partial charge in [-0.15, -0.1) is 0 Å². The molecule has 31 heavy (non-hydrogen) atoms. The Kier molecular flexibility index (Phi) is 5.69. The highest BCUT2D eigenvalue weighted by Crippen LogP contribution is 2.24. The molecule has 4 rings (SSSR count). The van der Waals surface area contributed by atoms with E-state index in [4.69, 9.17) is 13.9 Å². The van der Waals surface area contributed by atoms with Crippen LogP contribution in [0.2, 0.25) is 0 Å². The molecule has 2 heterocycles. The zero-order valence-corrected chi connectivity index (χ0v) is 18.0. The van der Waals surface area contributed by atoms with Gasteiger partial charge in [0.05, 0.1) is 42.8 Å². The number of carbonyl (C=O) groups excluding carboxylic acids is 1. The number of Topliss-reactive ketones (excluding diaryl/α,β-unsaturated/α-hetero) is 1. The zero-order valence-electron chi connectivity index (χ0n) is 17.2. The van der Waals surface area contributed by atoms with E-state index in [1.165, 1.54) is 34.2 Å². The molecule has 10 heteroatoms. The van der Waals surface area contributed by atoms with Gasteiger partial charge in [-0.25, -0.2) is 13.2 Å². The predicted octanol–water partition coefficient (Wildman–Crippen LogP) is 1.82. The minimum Gasteiger partial charge on any atom is -0.496 e. The SMILES string of the molecule is COc1ccc(C)cc1C(=O)Cn1c(=O)oc2cc(S(=O)(=O)N3CCOCC3)ccc21. The number of methoxy groups -OCH3 is 1. The van der Waals surface area contributed by atoms with Gasteiger partial charge in [0.15, 0.2) is 11.4 Å². The summed E-state index contributed by atoms with van der Waals surface area (Å²) in [6.45, 7) is 2.78. The topological polar surface area (TPSA) is 108 Å². The second-order valence-corrected chi connectivity index (χ2v) is 9.16. The monoisotopic (exact) mass is 446 g/mol. The van der Waals surface area contributed by atoms with Crippen LogP contribution in [-0.2, 0) is 21.3 Å². The number of benzene rings is 2. The third-order valence-electron chi connectivity index (χ3n) is 5.20. The van der Waals surface area contributed by atoms with Crippen molar-refractivity contribution >= 4 is 26.9 Å². The molecular weight excluding hydrogens is 424 g/mol.